The van der Waals surface area contributed by atoms with Crippen molar-refractivity contribution in [2.24, 2.45) is 11.1 Å². The third-order valence-electron chi connectivity index (χ3n) is 7.09. The molecule has 6 rings (SSSR count). The summed E-state index contributed by atoms with van der Waals surface area (Å²) in [7, 11) is 1.83. The number of aromatic nitrogens is 3. The molecular formula is C24H25FN6. The fourth-order valence-corrected chi connectivity index (χ4v) is 5.23. The van der Waals surface area contributed by atoms with Crippen LogP contribution in [0.4, 0.5) is 15.9 Å². The summed E-state index contributed by atoms with van der Waals surface area (Å²) in [6, 6.07) is 7.30. The van der Waals surface area contributed by atoms with Gasteiger partial charge in [-0.3, -0.25) is 4.98 Å². The minimum absolute atomic E-state index is 0.154. The fraction of sp³-hybridized carbons (Fsp3) is 0.375. The van der Waals surface area contributed by atoms with Gasteiger partial charge in [-0.15, -0.1) is 0 Å². The molecule has 2 aromatic heterocycles. The van der Waals surface area contributed by atoms with Crippen LogP contribution in [-0.2, 0) is 12.8 Å². The zero-order valence-electron chi connectivity index (χ0n) is 17.5. The highest BCUT2D eigenvalue weighted by molar-refractivity contribution is 5.88. The van der Waals surface area contributed by atoms with Gasteiger partial charge in [0.05, 0.1) is 5.69 Å². The van der Waals surface area contributed by atoms with Crippen molar-refractivity contribution in [3.8, 4) is 11.1 Å². The van der Waals surface area contributed by atoms with Gasteiger partial charge in [-0.05, 0) is 47.7 Å². The fourth-order valence-electron chi connectivity index (χ4n) is 5.23. The Hall–Kier alpha value is -3.06. The van der Waals surface area contributed by atoms with Crippen LogP contribution in [0.5, 0.6) is 0 Å². The van der Waals surface area contributed by atoms with Gasteiger partial charge in [0.2, 0.25) is 0 Å². The molecule has 3 N–H and O–H groups in total. The van der Waals surface area contributed by atoms with Gasteiger partial charge in [-0.2, -0.15) is 0 Å². The van der Waals surface area contributed by atoms with Crippen molar-refractivity contribution in [1.29, 1.82) is 0 Å². The molecule has 0 unspecified atom stereocenters. The standard InChI is InChI=1S/C24H25FN6/c1-27-18-9-15(25)8-17-16(18)10-19-22(17)23(31-12-20(26)24(13-31)4-5-24)30-21(29-19)7-14-3-2-6-28-11-14/h2-3,6,8-9,11,20,27H,4-5,7,10,12-13,26H2,1H3/t20-/m0/s1. The van der Waals surface area contributed by atoms with E-state index in [9.17, 15) is 4.39 Å². The van der Waals surface area contributed by atoms with Gasteiger partial charge in [0, 0.05) is 68.1 Å². The van der Waals surface area contributed by atoms with Gasteiger partial charge in [0.25, 0.3) is 0 Å². The molecule has 1 aliphatic heterocycles. The molecule has 1 spiro atoms. The summed E-state index contributed by atoms with van der Waals surface area (Å²) >= 11 is 0. The highest BCUT2D eigenvalue weighted by Gasteiger charge is 2.54. The third-order valence-corrected chi connectivity index (χ3v) is 7.09. The van der Waals surface area contributed by atoms with Crippen molar-refractivity contribution in [3.63, 3.8) is 0 Å². The summed E-state index contributed by atoms with van der Waals surface area (Å²) in [5.74, 6) is 1.42. The Kier molecular flexibility index (Phi) is 4.05. The number of hydrogen-bond acceptors (Lipinski definition) is 6. The average molecular weight is 417 g/mol. The molecule has 1 saturated carbocycles. The summed E-state index contributed by atoms with van der Waals surface area (Å²) in [6.07, 6.45) is 7.25. The first-order chi connectivity index (χ1) is 15.1. The van der Waals surface area contributed by atoms with Gasteiger partial charge >= 0.3 is 0 Å². The summed E-state index contributed by atoms with van der Waals surface area (Å²) in [4.78, 5) is 16.5. The molecule has 2 aliphatic carbocycles. The van der Waals surface area contributed by atoms with Crippen LogP contribution in [0.15, 0.2) is 36.7 Å². The number of rotatable bonds is 4. The van der Waals surface area contributed by atoms with Gasteiger partial charge < -0.3 is 16.0 Å². The highest BCUT2D eigenvalue weighted by Crippen LogP contribution is 2.54. The van der Waals surface area contributed by atoms with Crippen molar-refractivity contribution in [3.05, 3.63) is 65.1 Å². The monoisotopic (exact) mass is 416 g/mol. The Morgan fingerprint density at radius 1 is 1.29 bits per heavy atom. The Bertz CT molecular complexity index is 1170. The molecular weight excluding hydrogens is 391 g/mol. The summed E-state index contributed by atoms with van der Waals surface area (Å²) in [5.41, 5.74) is 12.5. The first-order valence-corrected chi connectivity index (χ1v) is 10.9. The van der Waals surface area contributed by atoms with Crippen molar-refractivity contribution in [2.75, 3.05) is 30.4 Å². The topological polar surface area (TPSA) is 80.0 Å². The predicted molar refractivity (Wildman–Crippen MR) is 119 cm³/mol. The molecule has 158 valence electrons. The second-order valence-electron chi connectivity index (χ2n) is 9.08. The molecule has 6 nitrogen and oxygen atoms in total. The van der Waals surface area contributed by atoms with E-state index in [4.69, 9.17) is 15.7 Å². The largest absolute Gasteiger partial charge is 0.388 e. The van der Waals surface area contributed by atoms with Gasteiger partial charge in [0.1, 0.15) is 17.5 Å². The van der Waals surface area contributed by atoms with Crippen molar-refractivity contribution in [1.82, 2.24) is 15.0 Å². The van der Waals surface area contributed by atoms with Crippen LogP contribution >= 0.6 is 0 Å². The van der Waals surface area contributed by atoms with E-state index in [1.54, 1.807) is 18.3 Å². The van der Waals surface area contributed by atoms with Gasteiger partial charge in [0.15, 0.2) is 0 Å². The Labute approximate surface area is 180 Å². The normalized spacial score (nSPS) is 20.1. The van der Waals surface area contributed by atoms with E-state index in [1.807, 2.05) is 25.4 Å². The lowest BCUT2D eigenvalue weighted by atomic mass is 10.0. The van der Waals surface area contributed by atoms with Gasteiger partial charge in [-0.1, -0.05) is 6.07 Å². The molecule has 0 radical (unpaired) electrons. The second kappa shape index (κ2) is 6.72. The number of fused-ring (bicyclic) bond motifs is 3. The molecule has 3 aromatic rings. The molecule has 7 heteroatoms. The maximum Gasteiger partial charge on any atom is 0.140 e. The van der Waals surface area contributed by atoms with E-state index in [2.05, 4.69) is 15.2 Å². The lowest BCUT2D eigenvalue weighted by Crippen LogP contribution is -2.30. The Balaban J connectivity index is 1.49. The summed E-state index contributed by atoms with van der Waals surface area (Å²) in [6.45, 7) is 1.69. The van der Waals surface area contributed by atoms with E-state index in [1.165, 1.54) is 12.8 Å². The summed E-state index contributed by atoms with van der Waals surface area (Å²) < 4.78 is 14.5. The Morgan fingerprint density at radius 2 is 2.16 bits per heavy atom. The van der Waals surface area contributed by atoms with E-state index in [0.717, 1.165) is 58.4 Å². The van der Waals surface area contributed by atoms with Crippen LogP contribution in [-0.4, -0.2) is 41.1 Å². The number of nitrogens with zero attached hydrogens (tertiary/aromatic N) is 4. The summed E-state index contributed by atoms with van der Waals surface area (Å²) in [5, 5.41) is 3.15. The molecule has 3 heterocycles. The van der Waals surface area contributed by atoms with E-state index < -0.39 is 0 Å². The number of hydrogen-bond donors (Lipinski definition) is 2. The number of pyridine rings is 1. The minimum Gasteiger partial charge on any atom is -0.388 e. The first kappa shape index (κ1) is 18.7. The van der Waals surface area contributed by atoms with Crippen molar-refractivity contribution in [2.45, 2.75) is 31.7 Å². The molecule has 2 fully saturated rings. The molecule has 1 aromatic carbocycles. The van der Waals surface area contributed by atoms with Crippen LogP contribution in [0.1, 0.15) is 35.5 Å². The number of halogens is 1. The molecule has 0 amide bonds. The minimum atomic E-state index is -0.252. The van der Waals surface area contributed by atoms with E-state index in [0.29, 0.717) is 12.8 Å². The zero-order valence-corrected chi connectivity index (χ0v) is 17.5. The molecule has 0 bridgehead atoms. The predicted octanol–water partition coefficient (Wildman–Crippen LogP) is 3.14. The van der Waals surface area contributed by atoms with Crippen LogP contribution in [0, 0.1) is 11.2 Å². The first-order valence-electron chi connectivity index (χ1n) is 10.9. The van der Waals surface area contributed by atoms with Crippen molar-refractivity contribution >= 4 is 11.5 Å². The van der Waals surface area contributed by atoms with Gasteiger partial charge in [-0.25, -0.2) is 14.4 Å². The number of anilines is 2. The van der Waals surface area contributed by atoms with Crippen molar-refractivity contribution < 1.29 is 4.39 Å². The number of nitrogens with two attached hydrogens (primary N) is 1. The molecule has 1 atom stereocenters. The van der Waals surface area contributed by atoms with Crippen LogP contribution in [0.2, 0.25) is 0 Å². The molecule has 1 saturated heterocycles. The van der Waals surface area contributed by atoms with Crippen LogP contribution < -0.4 is 16.0 Å². The highest BCUT2D eigenvalue weighted by atomic mass is 19.1. The second-order valence-corrected chi connectivity index (χ2v) is 9.08. The zero-order chi connectivity index (χ0) is 21.2. The van der Waals surface area contributed by atoms with E-state index in [-0.39, 0.29) is 17.3 Å². The third kappa shape index (κ3) is 2.98. The quantitative estimate of drug-likeness (QED) is 0.532. The maximum atomic E-state index is 14.5. The van der Waals surface area contributed by atoms with Crippen LogP contribution in [0.3, 0.4) is 0 Å². The van der Waals surface area contributed by atoms with Crippen LogP contribution in [0.25, 0.3) is 11.1 Å². The average Bonchev–Trinajstić information content (AvgIpc) is 3.35. The SMILES string of the molecule is CNc1cc(F)cc2c1Cc1nc(Cc3cccnc3)nc(N3C[C@H](N)C4(CC4)C3)c1-2. The molecule has 31 heavy (non-hydrogen) atoms. The Morgan fingerprint density at radius 3 is 2.87 bits per heavy atom. The lowest BCUT2D eigenvalue weighted by Gasteiger charge is -2.22. The smallest absolute Gasteiger partial charge is 0.140 e. The number of benzene rings is 1. The maximum absolute atomic E-state index is 14.5. The van der Waals surface area contributed by atoms with E-state index >= 15 is 0 Å². The lowest BCUT2D eigenvalue weighted by molar-refractivity contribution is 0.499. The number of nitrogens with one attached hydrogen (secondary N) is 1. The molecule has 3 aliphatic rings.